The van der Waals surface area contributed by atoms with Gasteiger partial charge in [0, 0.05) is 5.56 Å². The highest BCUT2D eigenvalue weighted by Crippen LogP contribution is 2.53. The van der Waals surface area contributed by atoms with Crippen LogP contribution in [0.5, 0.6) is 0 Å². The van der Waals surface area contributed by atoms with Crippen molar-refractivity contribution >= 4 is 0 Å². The minimum atomic E-state index is -6.30. The quantitative estimate of drug-likeness (QED) is 0.698. The average molecular weight is 384 g/mol. The van der Waals surface area contributed by atoms with Crippen LogP contribution in [0.2, 0.25) is 0 Å². The number of hydrogen-bond acceptors (Lipinski definition) is 1. The Kier molecular flexibility index (Phi) is 4.82. The minimum absolute atomic E-state index is 0.334. The van der Waals surface area contributed by atoms with Gasteiger partial charge < -0.3 is 5.11 Å². The molecular formula is C17H12F8O. The Bertz CT molecular complexity index is 777. The first-order valence-corrected chi connectivity index (χ1v) is 7.13. The molecule has 0 spiro atoms. The summed E-state index contributed by atoms with van der Waals surface area (Å²) in [5.74, 6) is -5.89. The second kappa shape index (κ2) is 6.22. The van der Waals surface area contributed by atoms with E-state index in [9.17, 15) is 40.2 Å². The minimum Gasteiger partial charge on any atom is -0.374 e. The van der Waals surface area contributed by atoms with Crippen LogP contribution in [0.4, 0.5) is 35.1 Å². The van der Waals surface area contributed by atoms with Gasteiger partial charge in [-0.2, -0.15) is 35.1 Å². The molecule has 0 radical (unpaired) electrons. The second-order valence-electron chi connectivity index (χ2n) is 5.69. The fourth-order valence-electron chi connectivity index (χ4n) is 2.55. The lowest BCUT2D eigenvalue weighted by Gasteiger charge is -2.38. The molecule has 0 saturated heterocycles. The Morgan fingerprint density at radius 3 is 1.58 bits per heavy atom. The maximum atomic E-state index is 14.3. The highest BCUT2D eigenvalue weighted by atomic mass is 19.4. The fourth-order valence-corrected chi connectivity index (χ4v) is 2.55. The molecule has 0 fully saturated rings. The number of halogens is 8. The Balaban J connectivity index is 2.90. The second-order valence-corrected chi connectivity index (χ2v) is 5.69. The van der Waals surface area contributed by atoms with Gasteiger partial charge in [-0.3, -0.25) is 0 Å². The molecule has 0 bridgehead atoms. The Labute approximate surface area is 142 Å². The molecule has 2 aromatic rings. The van der Waals surface area contributed by atoms with Gasteiger partial charge in [-0.25, -0.2) is 0 Å². The lowest BCUT2D eigenvalue weighted by atomic mass is 9.78. The van der Waals surface area contributed by atoms with Gasteiger partial charge in [0.2, 0.25) is 0 Å². The van der Waals surface area contributed by atoms with Crippen LogP contribution in [0, 0.1) is 6.92 Å². The van der Waals surface area contributed by atoms with Crippen molar-refractivity contribution in [2.75, 3.05) is 0 Å². The number of alkyl halides is 8. The topological polar surface area (TPSA) is 20.2 Å². The van der Waals surface area contributed by atoms with Gasteiger partial charge in [-0.1, -0.05) is 48.0 Å². The predicted molar refractivity (Wildman–Crippen MR) is 76.6 cm³/mol. The van der Waals surface area contributed by atoms with Crippen LogP contribution in [0.1, 0.15) is 22.3 Å². The molecule has 0 aliphatic heterocycles. The molecule has 1 unspecified atom stereocenters. The van der Waals surface area contributed by atoms with Crippen LogP contribution < -0.4 is 0 Å². The summed E-state index contributed by atoms with van der Waals surface area (Å²) in [6.45, 7) is 1.49. The zero-order chi connectivity index (χ0) is 20.0. The van der Waals surface area contributed by atoms with Crippen molar-refractivity contribution in [3.05, 3.63) is 70.8 Å². The highest BCUT2D eigenvalue weighted by Gasteiger charge is 2.72. The predicted octanol–water partition coefficient (Wildman–Crippen LogP) is 5.45. The molecule has 9 heteroatoms. The zero-order valence-corrected chi connectivity index (χ0v) is 13.1. The van der Waals surface area contributed by atoms with E-state index in [1.54, 1.807) is 0 Å². The van der Waals surface area contributed by atoms with Crippen molar-refractivity contribution in [2.45, 2.75) is 30.8 Å². The van der Waals surface area contributed by atoms with E-state index in [1.165, 1.54) is 6.92 Å². The molecule has 0 aliphatic rings. The summed E-state index contributed by atoms with van der Waals surface area (Å²) in [7, 11) is 0. The number of aliphatic hydroxyl groups is 1. The summed E-state index contributed by atoms with van der Waals surface area (Å²) in [6, 6.07) is 6.11. The van der Waals surface area contributed by atoms with Crippen molar-refractivity contribution in [3.8, 4) is 0 Å². The lowest BCUT2D eigenvalue weighted by molar-refractivity contribution is -0.337. The normalized spacial score (nSPS) is 15.6. The van der Waals surface area contributed by atoms with Crippen molar-refractivity contribution in [2.24, 2.45) is 0 Å². The molecule has 2 aromatic carbocycles. The van der Waals surface area contributed by atoms with Gasteiger partial charge in [0.15, 0.2) is 5.60 Å². The third-order valence-electron chi connectivity index (χ3n) is 3.90. The largest absolute Gasteiger partial charge is 0.457 e. The lowest BCUT2D eigenvalue weighted by Crippen LogP contribution is -2.56. The molecule has 26 heavy (non-hydrogen) atoms. The molecule has 1 N–H and O–H groups in total. The molecule has 0 saturated carbocycles. The van der Waals surface area contributed by atoms with Gasteiger partial charge in [0.05, 0.1) is 5.56 Å². The van der Waals surface area contributed by atoms with E-state index < -0.39 is 40.6 Å². The van der Waals surface area contributed by atoms with Gasteiger partial charge >= 0.3 is 18.3 Å². The third-order valence-corrected chi connectivity index (χ3v) is 3.90. The smallest absolute Gasteiger partial charge is 0.374 e. The Morgan fingerprint density at radius 1 is 0.692 bits per heavy atom. The van der Waals surface area contributed by atoms with Crippen LogP contribution in [0.15, 0.2) is 48.5 Å². The van der Waals surface area contributed by atoms with Crippen molar-refractivity contribution in [3.63, 3.8) is 0 Å². The van der Waals surface area contributed by atoms with E-state index in [2.05, 4.69) is 0 Å². The van der Waals surface area contributed by atoms with Crippen LogP contribution in [-0.4, -0.2) is 17.2 Å². The molecule has 142 valence electrons. The van der Waals surface area contributed by atoms with Gasteiger partial charge in [-0.15, -0.1) is 0 Å². The summed E-state index contributed by atoms with van der Waals surface area (Å²) < 4.78 is 107. The molecule has 0 amide bonds. The first-order chi connectivity index (χ1) is 11.7. The van der Waals surface area contributed by atoms with Crippen molar-refractivity contribution in [1.82, 2.24) is 0 Å². The standard InChI is InChI=1S/C17H12F8O/c1-10-6-8-11(9-7-10)14(26,16(21,22)17(23,24)25)12-4-2-3-5-13(12)15(18,19)20/h2-9,26H,1H3. The fraction of sp³-hybridized carbons (Fsp3) is 0.294. The summed E-state index contributed by atoms with van der Waals surface area (Å²) >= 11 is 0. The summed E-state index contributed by atoms with van der Waals surface area (Å²) in [5.41, 5.74) is -8.20. The molecule has 1 nitrogen and oxygen atoms in total. The molecule has 0 heterocycles. The van der Waals surface area contributed by atoms with E-state index in [0.29, 0.717) is 17.7 Å². The third kappa shape index (κ3) is 3.15. The zero-order valence-electron chi connectivity index (χ0n) is 13.1. The van der Waals surface area contributed by atoms with Crippen LogP contribution >= 0.6 is 0 Å². The molecule has 1 atom stereocenters. The van der Waals surface area contributed by atoms with Gasteiger partial charge in [0.25, 0.3) is 0 Å². The monoisotopic (exact) mass is 384 g/mol. The molecule has 0 aromatic heterocycles. The van der Waals surface area contributed by atoms with Crippen molar-refractivity contribution < 1.29 is 40.2 Å². The summed E-state index contributed by atoms with van der Waals surface area (Å²) in [4.78, 5) is 0. The highest BCUT2D eigenvalue weighted by molar-refractivity contribution is 5.45. The Hall–Kier alpha value is -2.16. The van der Waals surface area contributed by atoms with E-state index in [1.807, 2.05) is 0 Å². The average Bonchev–Trinajstić information content (AvgIpc) is 2.52. The molecular weight excluding hydrogens is 372 g/mol. The summed E-state index contributed by atoms with van der Waals surface area (Å²) in [5, 5.41) is 10.5. The Morgan fingerprint density at radius 2 is 1.15 bits per heavy atom. The number of aryl methyl sites for hydroxylation is 1. The maximum Gasteiger partial charge on any atom is 0.457 e. The first kappa shape index (κ1) is 20.2. The van der Waals surface area contributed by atoms with Crippen LogP contribution in [-0.2, 0) is 11.8 Å². The van der Waals surface area contributed by atoms with Crippen molar-refractivity contribution in [1.29, 1.82) is 0 Å². The number of benzene rings is 2. The van der Waals surface area contributed by atoms with E-state index in [0.717, 1.165) is 36.4 Å². The number of rotatable bonds is 3. The van der Waals surface area contributed by atoms with Crippen LogP contribution in [0.25, 0.3) is 0 Å². The molecule has 2 rings (SSSR count). The summed E-state index contributed by atoms with van der Waals surface area (Å²) in [6.07, 6.45) is -11.6. The van der Waals surface area contributed by atoms with E-state index in [-0.39, 0.29) is 0 Å². The van der Waals surface area contributed by atoms with Crippen LogP contribution in [0.3, 0.4) is 0 Å². The van der Waals surface area contributed by atoms with Gasteiger partial charge in [-0.05, 0) is 18.6 Å². The number of hydrogen-bond donors (Lipinski definition) is 1. The SMILES string of the molecule is Cc1ccc(C(O)(c2ccccc2C(F)(F)F)C(F)(F)C(F)(F)F)cc1. The molecule has 0 aliphatic carbocycles. The van der Waals surface area contributed by atoms with Gasteiger partial charge in [0.1, 0.15) is 0 Å². The maximum absolute atomic E-state index is 14.3. The van der Waals surface area contributed by atoms with E-state index >= 15 is 0 Å². The first-order valence-electron chi connectivity index (χ1n) is 7.13. The van der Waals surface area contributed by atoms with E-state index in [4.69, 9.17) is 0 Å².